The molecule has 2 N–H and O–H groups in total. The van der Waals surface area contributed by atoms with Crippen LogP contribution in [0.3, 0.4) is 0 Å². The summed E-state index contributed by atoms with van der Waals surface area (Å²) in [4.78, 5) is 11.1. The molecule has 0 aliphatic carbocycles. The first-order chi connectivity index (χ1) is 9.25. The first kappa shape index (κ1) is 16.6. The number of nitrogens with one attached hydrogen (secondary N) is 1. The van der Waals surface area contributed by atoms with Crippen molar-refractivity contribution < 1.29 is 23.1 Å². The van der Waals surface area contributed by atoms with Gasteiger partial charge < -0.3 is 9.84 Å². The number of halogens is 1. The van der Waals surface area contributed by atoms with Gasteiger partial charge in [0.1, 0.15) is 5.75 Å². The van der Waals surface area contributed by atoms with Gasteiger partial charge in [-0.25, -0.2) is 8.42 Å². The number of phenolic OH excluding ortho intramolecular Hbond substituents is 1. The zero-order valence-electron chi connectivity index (χ0n) is 11.1. The van der Waals surface area contributed by atoms with Crippen molar-refractivity contribution in [2.45, 2.75) is 20.3 Å². The van der Waals surface area contributed by atoms with Crippen LogP contribution in [0.1, 0.15) is 18.9 Å². The summed E-state index contributed by atoms with van der Waals surface area (Å²) in [5.74, 6) is -1.23. The number of hydrogen-bond donors (Lipinski definition) is 2. The van der Waals surface area contributed by atoms with E-state index in [-0.39, 0.29) is 24.5 Å². The Labute approximate surface area is 122 Å². The van der Waals surface area contributed by atoms with Gasteiger partial charge in [0.2, 0.25) is 10.0 Å². The van der Waals surface area contributed by atoms with Crippen LogP contribution in [0.15, 0.2) is 12.1 Å². The van der Waals surface area contributed by atoms with Gasteiger partial charge in [-0.3, -0.25) is 9.52 Å². The van der Waals surface area contributed by atoms with Crippen LogP contribution in [0.5, 0.6) is 5.75 Å². The number of carbonyl (C=O) groups excluding carboxylic acids is 1. The van der Waals surface area contributed by atoms with Crippen LogP contribution in [0.25, 0.3) is 0 Å². The maximum absolute atomic E-state index is 11.8. The monoisotopic (exact) mass is 321 g/mol. The fourth-order valence-corrected chi connectivity index (χ4v) is 2.78. The molecule has 0 fully saturated rings. The number of aryl methyl sites for hydroxylation is 1. The van der Waals surface area contributed by atoms with Gasteiger partial charge in [-0.2, -0.15) is 0 Å². The zero-order valence-corrected chi connectivity index (χ0v) is 12.7. The lowest BCUT2D eigenvalue weighted by Gasteiger charge is -2.11. The average molecular weight is 322 g/mol. The van der Waals surface area contributed by atoms with Crippen LogP contribution < -0.4 is 4.72 Å². The Kier molecular flexibility index (Phi) is 5.64. The summed E-state index contributed by atoms with van der Waals surface area (Å²) in [5, 5.41) is 10.1. The molecule has 0 amide bonds. The van der Waals surface area contributed by atoms with Crippen molar-refractivity contribution in [2.24, 2.45) is 0 Å². The highest BCUT2D eigenvalue weighted by Gasteiger charge is 2.17. The Bertz CT molecular complexity index is 600. The summed E-state index contributed by atoms with van der Waals surface area (Å²) in [6.45, 7) is 3.43. The number of carbonyl (C=O) groups is 1. The number of sulfonamides is 1. The fourth-order valence-electron chi connectivity index (χ4n) is 1.48. The minimum atomic E-state index is -3.77. The second-order valence-corrected chi connectivity index (χ2v) is 6.37. The van der Waals surface area contributed by atoms with Gasteiger partial charge in [-0.15, -0.1) is 0 Å². The number of hydrogen-bond acceptors (Lipinski definition) is 5. The first-order valence-corrected chi connectivity index (χ1v) is 7.93. The molecular weight excluding hydrogens is 306 g/mol. The van der Waals surface area contributed by atoms with Gasteiger partial charge in [0.25, 0.3) is 0 Å². The first-order valence-electron chi connectivity index (χ1n) is 5.90. The van der Waals surface area contributed by atoms with Crippen LogP contribution in [0.2, 0.25) is 5.02 Å². The summed E-state index contributed by atoms with van der Waals surface area (Å²) >= 11 is 5.80. The lowest BCUT2D eigenvalue weighted by molar-refractivity contribution is -0.142. The van der Waals surface area contributed by atoms with E-state index >= 15 is 0 Å². The molecule has 1 aromatic rings. The largest absolute Gasteiger partial charge is 0.505 e. The van der Waals surface area contributed by atoms with Gasteiger partial charge in [0.05, 0.1) is 24.5 Å². The topological polar surface area (TPSA) is 92.7 Å². The van der Waals surface area contributed by atoms with Crippen molar-refractivity contribution in [2.75, 3.05) is 17.1 Å². The second-order valence-electron chi connectivity index (χ2n) is 4.09. The van der Waals surface area contributed by atoms with Crippen LogP contribution in [0.4, 0.5) is 5.69 Å². The van der Waals surface area contributed by atoms with Crippen LogP contribution in [0, 0.1) is 6.92 Å². The standard InChI is InChI=1S/C12H16ClNO5S/c1-3-19-11(15)4-5-20(17,18)14-10-7-9(13)6-8(2)12(10)16/h6-7,14,16H,3-5H2,1-2H3. The molecule has 112 valence electrons. The Morgan fingerprint density at radius 1 is 1.45 bits per heavy atom. The predicted octanol–water partition coefficient (Wildman–Crippen LogP) is 2.05. The predicted molar refractivity (Wildman–Crippen MR) is 76.5 cm³/mol. The Hall–Kier alpha value is -1.47. The quantitative estimate of drug-likeness (QED) is 0.618. The Morgan fingerprint density at radius 2 is 2.10 bits per heavy atom. The molecule has 0 saturated heterocycles. The van der Waals surface area contributed by atoms with Gasteiger partial charge in [-0.05, 0) is 31.5 Å². The molecule has 1 aromatic carbocycles. The highest BCUT2D eigenvalue weighted by atomic mass is 35.5. The van der Waals surface area contributed by atoms with Crippen molar-refractivity contribution in [1.29, 1.82) is 0 Å². The van der Waals surface area contributed by atoms with E-state index in [1.165, 1.54) is 12.1 Å². The number of phenols is 1. The number of anilines is 1. The molecule has 0 heterocycles. The molecule has 0 bridgehead atoms. The molecule has 1 rings (SSSR count). The minimum Gasteiger partial charge on any atom is -0.505 e. The van der Waals surface area contributed by atoms with Crippen LogP contribution in [-0.2, 0) is 19.6 Å². The van der Waals surface area contributed by atoms with Gasteiger partial charge in [0.15, 0.2) is 0 Å². The lowest BCUT2D eigenvalue weighted by Crippen LogP contribution is -2.20. The maximum Gasteiger partial charge on any atom is 0.306 e. The number of rotatable bonds is 6. The minimum absolute atomic E-state index is 0.0149. The summed E-state index contributed by atoms with van der Waals surface area (Å²) in [7, 11) is -3.77. The SMILES string of the molecule is CCOC(=O)CCS(=O)(=O)Nc1cc(Cl)cc(C)c1O. The summed E-state index contributed by atoms with van der Waals surface area (Å²) < 4.78 is 30.5. The fraction of sp³-hybridized carbons (Fsp3) is 0.417. The van der Waals surface area contributed by atoms with E-state index < -0.39 is 21.7 Å². The molecular formula is C12H16ClNO5S. The third-order valence-electron chi connectivity index (χ3n) is 2.41. The molecule has 0 spiro atoms. The Balaban J connectivity index is 2.79. The van der Waals surface area contributed by atoms with E-state index in [4.69, 9.17) is 11.6 Å². The van der Waals surface area contributed by atoms with E-state index in [9.17, 15) is 18.3 Å². The van der Waals surface area contributed by atoms with E-state index in [1.807, 2.05) is 0 Å². The molecule has 0 aromatic heterocycles. The van der Waals surface area contributed by atoms with Crippen molar-refractivity contribution in [1.82, 2.24) is 0 Å². The van der Waals surface area contributed by atoms with Gasteiger partial charge in [0, 0.05) is 5.02 Å². The molecule has 0 unspecified atom stereocenters. The molecule has 20 heavy (non-hydrogen) atoms. The number of aromatic hydroxyl groups is 1. The maximum atomic E-state index is 11.8. The number of esters is 1. The highest BCUT2D eigenvalue weighted by molar-refractivity contribution is 7.92. The molecule has 6 nitrogen and oxygen atoms in total. The molecule has 0 atom stereocenters. The van der Waals surface area contributed by atoms with Crippen molar-refractivity contribution in [3.8, 4) is 5.75 Å². The number of benzene rings is 1. The van der Waals surface area contributed by atoms with Crippen LogP contribution in [-0.4, -0.2) is 31.9 Å². The third-order valence-corrected chi connectivity index (χ3v) is 3.90. The lowest BCUT2D eigenvalue weighted by atomic mass is 10.2. The number of ether oxygens (including phenoxy) is 1. The third kappa shape index (κ3) is 4.90. The molecule has 0 saturated carbocycles. The summed E-state index contributed by atoms with van der Waals surface area (Å²) in [5.41, 5.74) is 0.430. The molecule has 0 aliphatic heterocycles. The van der Waals surface area contributed by atoms with E-state index in [1.54, 1.807) is 13.8 Å². The smallest absolute Gasteiger partial charge is 0.306 e. The average Bonchev–Trinajstić information content (AvgIpc) is 2.33. The molecule has 0 radical (unpaired) electrons. The second kappa shape index (κ2) is 6.81. The molecule has 0 aliphatic rings. The molecule has 8 heteroatoms. The van der Waals surface area contributed by atoms with Gasteiger partial charge >= 0.3 is 5.97 Å². The normalized spacial score (nSPS) is 11.2. The van der Waals surface area contributed by atoms with E-state index in [2.05, 4.69) is 9.46 Å². The zero-order chi connectivity index (χ0) is 15.3. The highest BCUT2D eigenvalue weighted by Crippen LogP contribution is 2.31. The summed E-state index contributed by atoms with van der Waals surface area (Å²) in [6, 6.07) is 2.80. The van der Waals surface area contributed by atoms with Crippen LogP contribution >= 0.6 is 11.6 Å². The van der Waals surface area contributed by atoms with Crippen molar-refractivity contribution >= 4 is 33.3 Å². The van der Waals surface area contributed by atoms with Crippen molar-refractivity contribution in [3.05, 3.63) is 22.7 Å². The van der Waals surface area contributed by atoms with Gasteiger partial charge in [-0.1, -0.05) is 11.6 Å². The Morgan fingerprint density at radius 3 is 2.70 bits per heavy atom. The van der Waals surface area contributed by atoms with E-state index in [0.29, 0.717) is 10.6 Å². The summed E-state index contributed by atoms with van der Waals surface area (Å²) in [6.07, 6.45) is -0.260. The van der Waals surface area contributed by atoms with Crippen molar-refractivity contribution in [3.63, 3.8) is 0 Å². The van der Waals surface area contributed by atoms with E-state index in [0.717, 1.165) is 0 Å².